The maximum atomic E-state index is 12.8. The molecular weight excluding hydrogens is 582 g/mol. The summed E-state index contributed by atoms with van der Waals surface area (Å²) in [5.74, 6) is 0.0372. The highest BCUT2D eigenvalue weighted by Gasteiger charge is 2.38. The van der Waals surface area contributed by atoms with Crippen LogP contribution in [0.1, 0.15) is 70.0 Å². The molecule has 3 heterocycles. The lowest BCUT2D eigenvalue weighted by molar-refractivity contribution is -0.149. The van der Waals surface area contributed by atoms with Gasteiger partial charge in [0.1, 0.15) is 12.4 Å². The summed E-state index contributed by atoms with van der Waals surface area (Å²) in [7, 11) is 0. The number of hydrogen-bond acceptors (Lipinski definition) is 6. The van der Waals surface area contributed by atoms with Crippen LogP contribution in [-0.2, 0) is 29.1 Å². The highest BCUT2D eigenvalue weighted by atomic mass is 32.2. The lowest BCUT2D eigenvalue weighted by atomic mass is 9.78. The number of hydrogen-bond donors (Lipinski definition) is 1. The Morgan fingerprint density at radius 1 is 1.02 bits per heavy atom. The first-order valence-corrected chi connectivity index (χ1v) is 16.9. The smallest absolute Gasteiger partial charge is 0.310 e. The Balaban J connectivity index is 1.59. The average Bonchev–Trinajstić information content (AvgIpc) is 3.29. The number of aryl methyl sites for hydroxylation is 1. The summed E-state index contributed by atoms with van der Waals surface area (Å²) in [5, 5.41) is 11.6. The van der Waals surface area contributed by atoms with Gasteiger partial charge in [-0.15, -0.1) is 11.8 Å². The second-order valence-corrected chi connectivity index (χ2v) is 14.9. The van der Waals surface area contributed by atoms with E-state index in [9.17, 15) is 9.90 Å². The summed E-state index contributed by atoms with van der Waals surface area (Å²) in [6, 6.07) is 19.1. The first-order chi connectivity index (χ1) is 21.5. The quantitative estimate of drug-likeness (QED) is 0.159. The van der Waals surface area contributed by atoms with Gasteiger partial charge in [0, 0.05) is 64.2 Å². The van der Waals surface area contributed by atoms with Crippen molar-refractivity contribution in [3.8, 4) is 5.75 Å². The average molecular weight is 630 g/mol. The van der Waals surface area contributed by atoms with Crippen molar-refractivity contribution < 1.29 is 19.4 Å². The van der Waals surface area contributed by atoms with E-state index in [1.807, 2.05) is 56.9 Å². The van der Waals surface area contributed by atoms with Gasteiger partial charge in [-0.25, -0.2) is 0 Å². The SMILES string of the molecule is CCC(CC)(Cc1c(SC(C)(C)C)c2cc(OCc3ccc(C)cn3)ccc2n1Cc1ccc(N2CCOCC2)cc1)C(=O)O. The minimum absolute atomic E-state index is 0.0827. The molecular formula is C37H47N3O4S. The van der Waals surface area contributed by atoms with Gasteiger partial charge >= 0.3 is 5.97 Å². The highest BCUT2D eigenvalue weighted by molar-refractivity contribution is 8.00. The number of carboxylic acid groups (broad SMARTS) is 1. The zero-order valence-electron chi connectivity index (χ0n) is 27.6. The number of carboxylic acids is 1. The fraction of sp³-hybridized carbons (Fsp3) is 0.459. The fourth-order valence-electron chi connectivity index (χ4n) is 5.98. The van der Waals surface area contributed by atoms with Crippen LogP contribution >= 0.6 is 11.8 Å². The van der Waals surface area contributed by atoms with Crippen molar-refractivity contribution in [2.75, 3.05) is 31.2 Å². The molecule has 0 radical (unpaired) electrons. The number of aromatic nitrogens is 2. The number of benzene rings is 2. The fourth-order valence-corrected chi connectivity index (χ4v) is 7.16. The first-order valence-electron chi connectivity index (χ1n) is 16.1. The van der Waals surface area contributed by atoms with E-state index >= 15 is 0 Å². The largest absolute Gasteiger partial charge is 0.487 e. The zero-order chi connectivity index (χ0) is 32.2. The minimum Gasteiger partial charge on any atom is -0.487 e. The van der Waals surface area contributed by atoms with Crippen molar-refractivity contribution in [1.29, 1.82) is 0 Å². The first kappa shape index (κ1) is 32.9. The predicted molar refractivity (Wildman–Crippen MR) is 184 cm³/mol. The van der Waals surface area contributed by atoms with Gasteiger partial charge in [0.05, 0.1) is 24.3 Å². The van der Waals surface area contributed by atoms with Gasteiger partial charge < -0.3 is 24.0 Å². The number of pyridine rings is 1. The molecule has 0 aliphatic carbocycles. The van der Waals surface area contributed by atoms with Crippen molar-refractivity contribution in [2.45, 2.75) is 83.6 Å². The van der Waals surface area contributed by atoms with E-state index in [-0.39, 0.29) is 4.75 Å². The number of rotatable bonds is 12. The summed E-state index contributed by atoms with van der Waals surface area (Å²) in [6.07, 6.45) is 3.44. The Labute approximate surface area is 271 Å². The molecule has 1 saturated heterocycles. The van der Waals surface area contributed by atoms with E-state index in [4.69, 9.17) is 9.47 Å². The molecule has 0 saturated carbocycles. The Hall–Kier alpha value is -3.49. The topological polar surface area (TPSA) is 76.8 Å². The van der Waals surface area contributed by atoms with Crippen LogP contribution in [0.4, 0.5) is 5.69 Å². The molecule has 1 aliphatic heterocycles. The Bertz CT molecular complexity index is 1600. The highest BCUT2D eigenvalue weighted by Crippen LogP contribution is 2.45. The second kappa shape index (κ2) is 13.9. The molecule has 7 nitrogen and oxygen atoms in total. The molecule has 45 heavy (non-hydrogen) atoms. The third-order valence-electron chi connectivity index (χ3n) is 8.83. The van der Waals surface area contributed by atoms with Crippen LogP contribution in [0.5, 0.6) is 5.75 Å². The number of anilines is 1. The summed E-state index contributed by atoms with van der Waals surface area (Å²) in [6.45, 7) is 17.0. The number of aliphatic carboxylic acids is 1. The lowest BCUT2D eigenvalue weighted by Gasteiger charge is -2.29. The van der Waals surface area contributed by atoms with Crippen LogP contribution in [0, 0.1) is 12.3 Å². The number of ether oxygens (including phenoxy) is 2. The van der Waals surface area contributed by atoms with Crippen LogP contribution < -0.4 is 9.64 Å². The van der Waals surface area contributed by atoms with E-state index in [2.05, 4.69) is 71.6 Å². The molecule has 0 spiro atoms. The Kier molecular flexibility index (Phi) is 10.1. The Morgan fingerprint density at radius 2 is 1.73 bits per heavy atom. The van der Waals surface area contributed by atoms with Gasteiger partial charge in [0.2, 0.25) is 0 Å². The number of thioether (sulfide) groups is 1. The molecule has 8 heteroatoms. The van der Waals surface area contributed by atoms with Crippen LogP contribution in [0.25, 0.3) is 10.9 Å². The van der Waals surface area contributed by atoms with Gasteiger partial charge in [-0.1, -0.05) is 52.8 Å². The third kappa shape index (κ3) is 7.67. The number of morpholine rings is 1. The molecule has 1 N–H and O–H groups in total. The zero-order valence-corrected chi connectivity index (χ0v) is 28.4. The van der Waals surface area contributed by atoms with Crippen molar-refractivity contribution in [3.63, 3.8) is 0 Å². The number of carbonyl (C=O) groups is 1. The van der Waals surface area contributed by atoms with E-state index in [0.29, 0.717) is 32.4 Å². The van der Waals surface area contributed by atoms with Crippen LogP contribution in [-0.4, -0.2) is 51.7 Å². The summed E-state index contributed by atoms with van der Waals surface area (Å²) in [4.78, 5) is 20.8. The standard InChI is InChI=1S/C37H47N3O4S/c1-7-37(8-2,35(41)42)22-33-34(45-36(4,5)6)31-21-30(44-25-28-12-9-26(3)23-38-28)15-16-32(31)40(33)24-27-10-13-29(14-11-27)39-17-19-43-20-18-39/h9-16,21,23H,7-8,17-20,22,24-25H2,1-6H3,(H,41,42). The summed E-state index contributed by atoms with van der Waals surface area (Å²) < 4.78 is 14.1. The van der Waals surface area contributed by atoms with Gasteiger partial charge in [0.15, 0.2) is 0 Å². The van der Waals surface area contributed by atoms with Gasteiger partial charge in [-0.2, -0.15) is 0 Å². The van der Waals surface area contributed by atoms with Crippen LogP contribution in [0.2, 0.25) is 0 Å². The van der Waals surface area contributed by atoms with Crippen molar-refractivity contribution >= 4 is 34.3 Å². The Morgan fingerprint density at radius 3 is 2.33 bits per heavy atom. The maximum Gasteiger partial charge on any atom is 0.310 e. The minimum atomic E-state index is -0.851. The molecule has 2 aromatic carbocycles. The molecule has 0 unspecified atom stereocenters. The molecule has 4 aromatic rings. The van der Waals surface area contributed by atoms with Crippen molar-refractivity contribution in [2.24, 2.45) is 5.41 Å². The lowest BCUT2D eigenvalue weighted by Crippen LogP contribution is -2.36. The van der Waals surface area contributed by atoms with Crippen LogP contribution in [0.3, 0.4) is 0 Å². The van der Waals surface area contributed by atoms with E-state index in [1.165, 1.54) is 11.3 Å². The van der Waals surface area contributed by atoms with Gasteiger partial charge in [-0.05, 0) is 67.3 Å². The normalized spacial score (nSPS) is 14.2. The van der Waals surface area contributed by atoms with Crippen molar-refractivity contribution in [1.82, 2.24) is 9.55 Å². The molecule has 240 valence electrons. The molecule has 0 amide bonds. The number of nitrogens with zero attached hydrogens (tertiary/aromatic N) is 3. The maximum absolute atomic E-state index is 12.8. The van der Waals surface area contributed by atoms with Crippen LogP contribution in [0.15, 0.2) is 65.7 Å². The van der Waals surface area contributed by atoms with Gasteiger partial charge in [-0.3, -0.25) is 9.78 Å². The monoisotopic (exact) mass is 629 g/mol. The molecule has 5 rings (SSSR count). The van der Waals surface area contributed by atoms with Crippen molar-refractivity contribution in [3.05, 3.63) is 83.3 Å². The summed E-state index contributed by atoms with van der Waals surface area (Å²) in [5.41, 5.74) is 5.68. The van der Waals surface area contributed by atoms with E-state index in [1.54, 1.807) is 0 Å². The predicted octanol–water partition coefficient (Wildman–Crippen LogP) is 8.13. The second-order valence-electron chi connectivity index (χ2n) is 13.1. The summed E-state index contributed by atoms with van der Waals surface area (Å²) >= 11 is 1.81. The van der Waals surface area contributed by atoms with Gasteiger partial charge in [0.25, 0.3) is 0 Å². The van der Waals surface area contributed by atoms with E-state index in [0.717, 1.165) is 64.8 Å². The molecule has 1 fully saturated rings. The molecule has 2 aromatic heterocycles. The third-order valence-corrected chi connectivity index (χ3v) is 10.1. The van der Waals surface area contributed by atoms with E-state index < -0.39 is 11.4 Å². The molecule has 0 atom stereocenters. The molecule has 1 aliphatic rings. The number of fused-ring (bicyclic) bond motifs is 1. The molecule has 0 bridgehead atoms.